The average Bonchev–Trinajstić information content (AvgIpc) is 2.98. The molecule has 13 heteroatoms. The molecule has 222 valence electrons. The first-order valence-electron chi connectivity index (χ1n) is 13.4. The van der Waals surface area contributed by atoms with Crippen LogP contribution in [0.5, 0.6) is 5.88 Å². The highest BCUT2D eigenvalue weighted by atomic mass is 19.1. The number of pyridine rings is 1. The van der Waals surface area contributed by atoms with E-state index >= 15 is 0 Å². The molecular weight excluding hydrogens is 558 g/mol. The van der Waals surface area contributed by atoms with Crippen molar-refractivity contribution in [3.63, 3.8) is 0 Å². The normalized spacial score (nSPS) is 12.5. The van der Waals surface area contributed by atoms with Crippen molar-refractivity contribution in [2.24, 2.45) is 0 Å². The highest BCUT2D eigenvalue weighted by Crippen LogP contribution is 2.39. The maximum absolute atomic E-state index is 15.0. The van der Waals surface area contributed by atoms with Gasteiger partial charge in [0.15, 0.2) is 5.82 Å². The number of halogens is 2. The van der Waals surface area contributed by atoms with Crippen molar-refractivity contribution in [3.05, 3.63) is 83.1 Å². The zero-order chi connectivity index (χ0) is 30.7. The molecule has 3 N–H and O–H groups in total. The average molecular weight is 589 g/mol. The number of methoxy groups -OCH3 is 1. The van der Waals surface area contributed by atoms with Gasteiger partial charge in [-0.1, -0.05) is 12.1 Å². The molecule has 5 rings (SSSR count). The quantitative estimate of drug-likeness (QED) is 0.257. The second-order valence-corrected chi connectivity index (χ2v) is 10.1. The molecule has 3 amide bonds. The van der Waals surface area contributed by atoms with Crippen molar-refractivity contribution in [2.75, 3.05) is 49.8 Å². The molecular formula is C30H30F2N8O3. The van der Waals surface area contributed by atoms with Gasteiger partial charge in [0.1, 0.15) is 17.3 Å². The van der Waals surface area contributed by atoms with Gasteiger partial charge in [-0.3, -0.25) is 4.79 Å². The number of rotatable bonds is 9. The van der Waals surface area contributed by atoms with Gasteiger partial charge in [0, 0.05) is 35.8 Å². The number of hydrogen-bond acceptors (Lipinski definition) is 8. The van der Waals surface area contributed by atoms with Crippen molar-refractivity contribution in [1.29, 1.82) is 0 Å². The number of aromatic nitrogens is 3. The Kier molecular flexibility index (Phi) is 8.44. The monoisotopic (exact) mass is 588 g/mol. The Morgan fingerprint density at radius 3 is 2.56 bits per heavy atom. The van der Waals surface area contributed by atoms with Crippen molar-refractivity contribution in [1.82, 2.24) is 25.2 Å². The van der Waals surface area contributed by atoms with Gasteiger partial charge in [-0.25, -0.2) is 28.4 Å². The van der Waals surface area contributed by atoms with Crippen LogP contribution >= 0.6 is 0 Å². The van der Waals surface area contributed by atoms with Gasteiger partial charge in [-0.2, -0.15) is 4.98 Å². The Morgan fingerprint density at radius 2 is 1.88 bits per heavy atom. The van der Waals surface area contributed by atoms with Gasteiger partial charge in [0.05, 0.1) is 31.2 Å². The molecule has 3 heterocycles. The van der Waals surface area contributed by atoms with Crippen molar-refractivity contribution >= 4 is 35.1 Å². The zero-order valence-corrected chi connectivity index (χ0v) is 24.0. The second-order valence-electron chi connectivity index (χ2n) is 10.1. The Bertz CT molecular complexity index is 1660. The number of likely N-dealkylation sites (N-methyl/N-ethyl adjacent to an activating group) is 1. The molecule has 0 unspecified atom stereocenters. The molecule has 0 bridgehead atoms. The molecule has 0 aliphatic carbocycles. The minimum absolute atomic E-state index is 0.00142. The van der Waals surface area contributed by atoms with E-state index in [1.54, 1.807) is 30.3 Å². The lowest BCUT2D eigenvalue weighted by Gasteiger charge is -2.31. The molecule has 43 heavy (non-hydrogen) atoms. The Labute approximate surface area is 246 Å². The molecule has 1 aliphatic heterocycles. The summed E-state index contributed by atoms with van der Waals surface area (Å²) in [5, 5.41) is 8.63. The maximum Gasteiger partial charge on any atom is 0.328 e. The molecule has 4 aromatic rings. The van der Waals surface area contributed by atoms with Crippen LogP contribution in [-0.2, 0) is 6.54 Å². The number of anilines is 4. The molecule has 2 aromatic heterocycles. The summed E-state index contributed by atoms with van der Waals surface area (Å²) >= 11 is 0. The number of carbonyl (C=O) groups excluding carboxylic acids is 2. The third-order valence-corrected chi connectivity index (χ3v) is 6.78. The Morgan fingerprint density at radius 1 is 1.12 bits per heavy atom. The van der Waals surface area contributed by atoms with E-state index in [1.807, 2.05) is 25.9 Å². The van der Waals surface area contributed by atoms with Crippen molar-refractivity contribution in [3.8, 4) is 17.1 Å². The number of para-hydroxylation sites is 1. The summed E-state index contributed by atoms with van der Waals surface area (Å²) in [6.07, 6.45) is 1.48. The number of nitrogens with zero attached hydrogens (tertiary/aromatic N) is 5. The number of aryl methyl sites for hydroxylation is 1. The predicted octanol–water partition coefficient (Wildman–Crippen LogP) is 4.72. The van der Waals surface area contributed by atoms with Crippen LogP contribution in [0.25, 0.3) is 11.3 Å². The number of benzene rings is 2. The van der Waals surface area contributed by atoms with Crippen molar-refractivity contribution < 1.29 is 23.1 Å². The SMILES string of the molecule is COc1ccc(NC(=O)c2ccc(C)c(-c3nc(NCCN(C)C)nc4c3CNC(=O)N4c3c(F)cccc3F)c2)cn1. The number of amides is 3. The van der Waals surface area contributed by atoms with E-state index in [4.69, 9.17) is 9.72 Å². The molecule has 0 saturated heterocycles. The largest absolute Gasteiger partial charge is 0.481 e. The fourth-order valence-electron chi connectivity index (χ4n) is 4.56. The number of fused-ring (bicyclic) bond motifs is 1. The summed E-state index contributed by atoms with van der Waals surface area (Å²) in [5.41, 5.74) is 2.46. The number of nitrogens with one attached hydrogen (secondary N) is 3. The van der Waals surface area contributed by atoms with E-state index in [1.165, 1.54) is 19.4 Å². The van der Waals surface area contributed by atoms with Crippen molar-refractivity contribution in [2.45, 2.75) is 13.5 Å². The highest BCUT2D eigenvalue weighted by Gasteiger charge is 2.34. The van der Waals surface area contributed by atoms with Gasteiger partial charge >= 0.3 is 6.03 Å². The molecule has 0 saturated carbocycles. The topological polar surface area (TPSA) is 125 Å². The summed E-state index contributed by atoms with van der Waals surface area (Å²) in [5.74, 6) is -1.63. The lowest BCUT2D eigenvalue weighted by Crippen LogP contribution is -2.43. The molecule has 2 aromatic carbocycles. The van der Waals surface area contributed by atoms with Crippen LogP contribution in [0.2, 0.25) is 0 Å². The fraction of sp³-hybridized carbons (Fsp3) is 0.233. The van der Waals surface area contributed by atoms with Gasteiger partial charge in [0.2, 0.25) is 11.8 Å². The summed E-state index contributed by atoms with van der Waals surface area (Å²) in [6, 6.07) is 11.1. The molecule has 0 atom stereocenters. The second kappa shape index (κ2) is 12.4. The van der Waals surface area contributed by atoms with Crippen LogP contribution in [0.4, 0.5) is 36.7 Å². The maximum atomic E-state index is 15.0. The number of urea groups is 1. The number of carbonyl (C=O) groups is 2. The van der Waals surface area contributed by atoms with Crippen LogP contribution in [0.3, 0.4) is 0 Å². The summed E-state index contributed by atoms with van der Waals surface area (Å²) < 4.78 is 35.0. The van der Waals surface area contributed by atoms with Crippen LogP contribution in [-0.4, -0.2) is 66.1 Å². The summed E-state index contributed by atoms with van der Waals surface area (Å²) in [7, 11) is 5.33. The molecule has 0 fully saturated rings. The van der Waals surface area contributed by atoms with Crippen LogP contribution in [0.1, 0.15) is 21.5 Å². The van der Waals surface area contributed by atoms with Crippen LogP contribution < -0.4 is 25.6 Å². The third kappa shape index (κ3) is 6.21. The lowest BCUT2D eigenvalue weighted by atomic mass is 9.97. The van der Waals surface area contributed by atoms with Gasteiger partial charge in [0.25, 0.3) is 5.91 Å². The molecule has 0 radical (unpaired) electrons. The van der Waals surface area contributed by atoms with Crippen LogP contribution in [0, 0.1) is 18.6 Å². The summed E-state index contributed by atoms with van der Waals surface area (Å²) in [6.45, 7) is 2.97. The molecule has 0 spiro atoms. The summed E-state index contributed by atoms with van der Waals surface area (Å²) in [4.78, 5) is 42.5. The van der Waals surface area contributed by atoms with E-state index in [9.17, 15) is 18.4 Å². The third-order valence-electron chi connectivity index (χ3n) is 6.78. The van der Waals surface area contributed by atoms with Gasteiger partial charge in [-0.15, -0.1) is 0 Å². The first-order chi connectivity index (χ1) is 20.7. The fourth-order valence-corrected chi connectivity index (χ4v) is 4.56. The first-order valence-corrected chi connectivity index (χ1v) is 13.4. The van der Waals surface area contributed by atoms with E-state index in [2.05, 4.69) is 25.9 Å². The predicted molar refractivity (Wildman–Crippen MR) is 159 cm³/mol. The minimum Gasteiger partial charge on any atom is -0.481 e. The first kappa shape index (κ1) is 29.3. The standard InChI is InChI=1S/C30H30F2N8O3/c1-17-8-9-18(28(41)36-19-10-11-24(43-4)34-15-19)14-20(17)25-21-16-35-30(42)40(26-22(31)6-5-7-23(26)32)27(21)38-29(37-25)33-12-13-39(2)3/h5-11,14-15H,12-13,16H2,1-4H3,(H,35,42)(H,36,41)(H,33,37,38). The van der Waals surface area contributed by atoms with E-state index < -0.39 is 23.4 Å². The number of ether oxygens (including phenoxy) is 1. The van der Waals surface area contributed by atoms with E-state index in [0.717, 1.165) is 22.6 Å². The highest BCUT2D eigenvalue weighted by molar-refractivity contribution is 6.05. The molecule has 1 aliphatic rings. The van der Waals surface area contributed by atoms with Gasteiger partial charge in [-0.05, 0) is 56.9 Å². The Hall–Kier alpha value is -5.17. The van der Waals surface area contributed by atoms with E-state index in [0.29, 0.717) is 47.0 Å². The van der Waals surface area contributed by atoms with Crippen LogP contribution in [0.15, 0.2) is 54.7 Å². The van der Waals surface area contributed by atoms with E-state index in [-0.39, 0.29) is 24.2 Å². The minimum atomic E-state index is -0.923. The number of hydrogen-bond donors (Lipinski definition) is 3. The Balaban J connectivity index is 1.61. The van der Waals surface area contributed by atoms with Gasteiger partial charge < -0.3 is 25.6 Å². The lowest BCUT2D eigenvalue weighted by molar-refractivity contribution is 0.102. The smallest absolute Gasteiger partial charge is 0.328 e. The zero-order valence-electron chi connectivity index (χ0n) is 24.0. The molecule has 11 nitrogen and oxygen atoms in total.